The highest BCUT2D eigenvalue weighted by atomic mass is 31.2. The summed E-state index contributed by atoms with van der Waals surface area (Å²) >= 11 is 0. The lowest BCUT2D eigenvalue weighted by Crippen LogP contribution is -2.25. The first-order chi connectivity index (χ1) is 15.7. The molecule has 0 saturated carbocycles. The summed E-state index contributed by atoms with van der Waals surface area (Å²) in [4.78, 5) is 41.6. The van der Waals surface area contributed by atoms with Crippen molar-refractivity contribution in [3.63, 3.8) is 0 Å². The van der Waals surface area contributed by atoms with Crippen LogP contribution in [0.15, 0.2) is 23.4 Å². The van der Waals surface area contributed by atoms with Crippen molar-refractivity contribution in [3.05, 3.63) is 40.2 Å². The molecule has 1 unspecified atom stereocenters. The second-order valence-electron chi connectivity index (χ2n) is 8.02. The predicted molar refractivity (Wildman–Crippen MR) is 112 cm³/mol. The van der Waals surface area contributed by atoms with Crippen LogP contribution in [0.1, 0.15) is 36.4 Å². The van der Waals surface area contributed by atoms with Gasteiger partial charge in [-0.3, -0.25) is 18.9 Å². The molecule has 1 fully saturated rings. The van der Waals surface area contributed by atoms with Gasteiger partial charge in [0, 0.05) is 30.4 Å². The zero-order valence-electron chi connectivity index (χ0n) is 17.2. The van der Waals surface area contributed by atoms with Crippen molar-refractivity contribution in [2.24, 2.45) is 0 Å². The maximum atomic E-state index is 12.6. The van der Waals surface area contributed by atoms with Gasteiger partial charge >= 0.3 is 7.82 Å². The maximum Gasteiger partial charge on any atom is 0.469 e. The predicted octanol–water partition coefficient (Wildman–Crippen LogP) is -0.272. The fraction of sp³-hybridized carbons (Fsp3) is 0.500. The molecule has 33 heavy (non-hydrogen) atoms. The number of nitrogens with zero attached hydrogens (tertiary/aromatic N) is 4. The number of aromatic nitrogens is 5. The van der Waals surface area contributed by atoms with Crippen LogP contribution in [-0.2, 0) is 27.0 Å². The minimum atomic E-state index is -4.71. The van der Waals surface area contributed by atoms with Crippen LogP contribution < -0.4 is 10.9 Å². The van der Waals surface area contributed by atoms with Crippen LogP contribution in [0.2, 0.25) is 0 Å². The van der Waals surface area contributed by atoms with E-state index < -0.39 is 38.4 Å². The lowest BCUT2D eigenvalue weighted by molar-refractivity contribution is -0.0424. The second-order valence-corrected chi connectivity index (χ2v) is 9.26. The van der Waals surface area contributed by atoms with Gasteiger partial charge in [-0.1, -0.05) is 0 Å². The number of aryl methyl sites for hydroxylation is 1. The molecule has 0 amide bonds. The van der Waals surface area contributed by atoms with E-state index in [2.05, 4.69) is 24.8 Å². The molecule has 14 nitrogen and oxygen atoms in total. The number of hydrogen-bond donors (Lipinski definition) is 6. The first-order valence-corrected chi connectivity index (χ1v) is 11.8. The minimum Gasteiger partial charge on any atom is -0.392 e. The number of nitrogens with one attached hydrogen (secondary N) is 2. The number of aliphatic hydroxyl groups is 2. The molecule has 0 radical (unpaired) electrons. The molecule has 0 aliphatic carbocycles. The van der Waals surface area contributed by atoms with E-state index in [4.69, 9.17) is 14.5 Å². The largest absolute Gasteiger partial charge is 0.469 e. The zero-order chi connectivity index (χ0) is 23.3. The normalized spacial score (nSPS) is 25.1. The average molecular weight is 482 g/mol. The molecule has 5 heterocycles. The molecule has 2 aliphatic rings. The van der Waals surface area contributed by atoms with Crippen LogP contribution in [0.3, 0.4) is 0 Å². The Hall–Kier alpha value is -2.58. The fourth-order valence-electron chi connectivity index (χ4n) is 4.40. The highest BCUT2D eigenvalue weighted by Crippen LogP contribution is 2.38. The molecule has 0 aromatic carbocycles. The topological polar surface area (TPSA) is 197 Å². The summed E-state index contributed by atoms with van der Waals surface area (Å²) in [5.41, 5.74) is 1.58. The Morgan fingerprint density at radius 1 is 1.39 bits per heavy atom. The molecule has 4 atom stereocenters. The Morgan fingerprint density at radius 3 is 2.97 bits per heavy atom. The van der Waals surface area contributed by atoms with Gasteiger partial charge in [-0.15, -0.1) is 0 Å². The minimum absolute atomic E-state index is 0.0828. The monoisotopic (exact) mass is 482 g/mol. The number of anilines is 1. The lowest BCUT2D eigenvalue weighted by atomic mass is 10.1. The third kappa shape index (κ3) is 4.22. The average Bonchev–Trinajstić information content (AvgIpc) is 3.50. The lowest BCUT2D eigenvalue weighted by Gasteiger charge is -2.17. The van der Waals surface area contributed by atoms with Crippen molar-refractivity contribution in [2.75, 3.05) is 11.9 Å². The molecule has 3 aromatic heterocycles. The van der Waals surface area contributed by atoms with E-state index in [1.54, 1.807) is 0 Å². The van der Waals surface area contributed by atoms with E-state index in [9.17, 15) is 19.6 Å². The van der Waals surface area contributed by atoms with E-state index >= 15 is 0 Å². The molecule has 15 heteroatoms. The number of aromatic amines is 1. The van der Waals surface area contributed by atoms with Crippen LogP contribution in [0.5, 0.6) is 0 Å². The third-order valence-corrected chi connectivity index (χ3v) is 6.40. The molecule has 1 saturated heterocycles. The number of imidazole rings is 1. The highest BCUT2D eigenvalue weighted by Gasteiger charge is 2.37. The summed E-state index contributed by atoms with van der Waals surface area (Å²) in [6.45, 7) is 0.178. The number of aliphatic hydroxyl groups excluding tert-OH is 2. The van der Waals surface area contributed by atoms with Crippen molar-refractivity contribution in [1.82, 2.24) is 24.1 Å². The van der Waals surface area contributed by atoms with Gasteiger partial charge < -0.3 is 34.6 Å². The molecule has 5 rings (SSSR count). The molecule has 0 bridgehead atoms. The number of fused-ring (bicyclic) bond motifs is 2. The van der Waals surface area contributed by atoms with Crippen LogP contribution in [0.4, 0.5) is 5.95 Å². The highest BCUT2D eigenvalue weighted by molar-refractivity contribution is 7.46. The van der Waals surface area contributed by atoms with E-state index in [1.165, 1.54) is 10.9 Å². The zero-order valence-corrected chi connectivity index (χ0v) is 18.1. The van der Waals surface area contributed by atoms with Gasteiger partial charge in [0.1, 0.15) is 12.3 Å². The van der Waals surface area contributed by atoms with Crippen LogP contribution in [0.25, 0.3) is 11.2 Å². The summed E-state index contributed by atoms with van der Waals surface area (Å²) in [5.74, 6) is 0.220. The summed E-state index contributed by atoms with van der Waals surface area (Å²) < 4.78 is 24.6. The quantitative estimate of drug-likeness (QED) is 0.242. The molecular weight excluding hydrogens is 459 g/mol. The third-order valence-electron chi connectivity index (χ3n) is 5.92. The van der Waals surface area contributed by atoms with Gasteiger partial charge in [0.25, 0.3) is 5.56 Å². The molecule has 2 aliphatic heterocycles. The van der Waals surface area contributed by atoms with E-state index in [0.717, 1.165) is 24.2 Å². The fourth-order valence-corrected chi connectivity index (χ4v) is 4.75. The first kappa shape index (κ1) is 22.2. The smallest absolute Gasteiger partial charge is 0.392 e. The Labute approximate surface area is 186 Å². The van der Waals surface area contributed by atoms with E-state index in [0.29, 0.717) is 0 Å². The van der Waals surface area contributed by atoms with Gasteiger partial charge in [-0.2, -0.15) is 4.98 Å². The van der Waals surface area contributed by atoms with Crippen molar-refractivity contribution in [1.29, 1.82) is 0 Å². The Bertz CT molecular complexity index is 1280. The van der Waals surface area contributed by atoms with Crippen molar-refractivity contribution >= 4 is 24.9 Å². The Kier molecular flexibility index (Phi) is 5.61. The number of ether oxygens (including phenoxy) is 1. The SMILES string of the molecule is O=c1[nH]c(NC2CCn3ccc(CO)c32)nc2c1ncn2[C@H]1C[C@H](O)[C@@H](COP(=O)(O)O)O1. The summed E-state index contributed by atoms with van der Waals surface area (Å²) in [6, 6.07) is 1.70. The molecule has 178 valence electrons. The van der Waals surface area contributed by atoms with Crippen LogP contribution in [-0.4, -0.2) is 62.9 Å². The first-order valence-electron chi connectivity index (χ1n) is 10.3. The van der Waals surface area contributed by atoms with Crippen molar-refractivity contribution < 1.29 is 33.8 Å². The Morgan fingerprint density at radius 2 is 2.21 bits per heavy atom. The van der Waals surface area contributed by atoms with E-state index in [-0.39, 0.29) is 36.2 Å². The van der Waals surface area contributed by atoms with Gasteiger partial charge in [0.05, 0.1) is 31.7 Å². The number of phosphoric ester groups is 1. The Balaban J connectivity index is 1.40. The molecule has 0 spiro atoms. The molecule has 6 N–H and O–H groups in total. The van der Waals surface area contributed by atoms with Gasteiger partial charge in [-0.25, -0.2) is 9.55 Å². The summed E-state index contributed by atoms with van der Waals surface area (Å²) in [5, 5.41) is 23.1. The number of rotatable bonds is 7. The molecular formula is C18H23N6O8P. The van der Waals surface area contributed by atoms with Gasteiger partial charge in [-0.05, 0) is 12.5 Å². The van der Waals surface area contributed by atoms with Crippen LogP contribution >= 0.6 is 7.82 Å². The van der Waals surface area contributed by atoms with Gasteiger partial charge in [0.15, 0.2) is 11.2 Å². The standard InChI is InChI=1S/C18H23N6O8P/c25-6-9-1-3-23-4-2-10(15(9)23)20-18-21-16-14(17(27)22-18)19-8-24(16)13-5-11(26)12(32-13)7-31-33(28,29)30/h1,3,8,10-13,25-26H,2,4-7H2,(H2,28,29,30)(H2,20,21,22,27)/t10?,11-,12+,13+/m0/s1. The number of hydrogen-bond acceptors (Lipinski definition) is 9. The number of H-pyrrole nitrogens is 1. The number of phosphoric acid groups is 1. The van der Waals surface area contributed by atoms with Gasteiger partial charge in [0.2, 0.25) is 5.95 Å². The summed E-state index contributed by atoms with van der Waals surface area (Å²) in [7, 11) is -4.71. The van der Waals surface area contributed by atoms with Crippen molar-refractivity contribution in [3.8, 4) is 0 Å². The maximum absolute atomic E-state index is 12.6. The second kappa shape index (κ2) is 8.33. The van der Waals surface area contributed by atoms with Crippen molar-refractivity contribution in [2.45, 2.75) is 50.5 Å². The van der Waals surface area contributed by atoms with Crippen LogP contribution in [0, 0.1) is 0 Å². The summed E-state index contributed by atoms with van der Waals surface area (Å²) in [6.07, 6.45) is 1.35. The molecule has 3 aromatic rings. The van der Waals surface area contributed by atoms with E-state index in [1.807, 2.05) is 16.8 Å².